The number of nitrogens with zero attached hydrogens (tertiary/aromatic N) is 2. The van der Waals surface area contributed by atoms with E-state index in [9.17, 15) is 14.3 Å². The van der Waals surface area contributed by atoms with Gasteiger partial charge in [0.05, 0.1) is 7.11 Å². The summed E-state index contributed by atoms with van der Waals surface area (Å²) in [6.45, 7) is 0. The SMILES string of the molecule is COc1ccc(-c2nc3c(F)cccn3c2C(=O)O)cc1. The standard InChI is InChI=1S/C15H11FN2O3/c1-21-10-6-4-9(5-7-10)12-13(15(19)20)18-8-2-3-11(16)14(18)17-12/h2-8H,1H3,(H,19,20). The Hall–Kier alpha value is -2.89. The molecule has 0 aliphatic heterocycles. The minimum absolute atomic E-state index is 0.0132. The summed E-state index contributed by atoms with van der Waals surface area (Å²) in [4.78, 5) is 15.6. The highest BCUT2D eigenvalue weighted by atomic mass is 19.1. The van der Waals surface area contributed by atoms with Gasteiger partial charge in [-0.1, -0.05) is 0 Å². The molecule has 0 fully saturated rings. The van der Waals surface area contributed by atoms with Crippen molar-refractivity contribution in [3.8, 4) is 17.0 Å². The van der Waals surface area contributed by atoms with Crippen LogP contribution in [0.5, 0.6) is 5.75 Å². The quantitative estimate of drug-likeness (QED) is 0.804. The van der Waals surface area contributed by atoms with Gasteiger partial charge in [0.25, 0.3) is 0 Å². The Morgan fingerprint density at radius 2 is 2.00 bits per heavy atom. The molecule has 3 aromatic rings. The number of methoxy groups -OCH3 is 1. The highest BCUT2D eigenvalue weighted by Gasteiger charge is 2.21. The Morgan fingerprint density at radius 1 is 1.29 bits per heavy atom. The van der Waals surface area contributed by atoms with E-state index in [4.69, 9.17) is 4.74 Å². The number of benzene rings is 1. The van der Waals surface area contributed by atoms with Crippen LogP contribution in [0.15, 0.2) is 42.6 Å². The zero-order valence-electron chi connectivity index (χ0n) is 11.1. The summed E-state index contributed by atoms with van der Waals surface area (Å²) in [5, 5.41) is 9.40. The fourth-order valence-corrected chi connectivity index (χ4v) is 2.19. The Balaban J connectivity index is 2.28. The lowest BCUT2D eigenvalue weighted by Crippen LogP contribution is -2.03. The van der Waals surface area contributed by atoms with Crippen molar-refractivity contribution < 1.29 is 19.0 Å². The first-order valence-corrected chi connectivity index (χ1v) is 6.16. The average Bonchev–Trinajstić information content (AvgIpc) is 2.88. The third kappa shape index (κ3) is 2.10. The van der Waals surface area contributed by atoms with E-state index in [0.717, 1.165) is 0 Å². The second-order valence-electron chi connectivity index (χ2n) is 4.39. The topological polar surface area (TPSA) is 63.8 Å². The van der Waals surface area contributed by atoms with Gasteiger partial charge in [-0.3, -0.25) is 4.40 Å². The molecule has 1 N–H and O–H groups in total. The van der Waals surface area contributed by atoms with Crippen molar-refractivity contribution in [2.24, 2.45) is 0 Å². The first-order valence-electron chi connectivity index (χ1n) is 6.16. The molecule has 0 amide bonds. The number of carboxylic acids is 1. The first-order chi connectivity index (χ1) is 10.1. The van der Waals surface area contributed by atoms with Crippen LogP contribution >= 0.6 is 0 Å². The number of ether oxygens (including phenoxy) is 1. The molecule has 106 valence electrons. The van der Waals surface area contributed by atoms with Gasteiger partial charge in [0.2, 0.25) is 0 Å². The number of hydrogen-bond donors (Lipinski definition) is 1. The van der Waals surface area contributed by atoms with Crippen molar-refractivity contribution in [2.75, 3.05) is 7.11 Å². The van der Waals surface area contributed by atoms with Gasteiger partial charge in [0, 0.05) is 11.8 Å². The number of imidazole rings is 1. The Morgan fingerprint density at radius 3 is 2.62 bits per heavy atom. The smallest absolute Gasteiger partial charge is 0.355 e. The van der Waals surface area contributed by atoms with E-state index in [1.807, 2.05) is 0 Å². The van der Waals surface area contributed by atoms with Crippen LogP contribution < -0.4 is 4.74 Å². The summed E-state index contributed by atoms with van der Waals surface area (Å²) in [6.07, 6.45) is 1.47. The lowest BCUT2D eigenvalue weighted by atomic mass is 10.1. The van der Waals surface area contributed by atoms with Crippen molar-refractivity contribution in [3.63, 3.8) is 0 Å². The van der Waals surface area contributed by atoms with E-state index in [-0.39, 0.29) is 17.0 Å². The maximum absolute atomic E-state index is 13.8. The number of carbonyl (C=O) groups is 1. The van der Waals surface area contributed by atoms with Crippen LogP contribution in [0.2, 0.25) is 0 Å². The maximum atomic E-state index is 13.8. The van der Waals surface area contributed by atoms with Crippen molar-refractivity contribution >= 4 is 11.6 Å². The largest absolute Gasteiger partial charge is 0.497 e. The molecule has 0 bridgehead atoms. The summed E-state index contributed by atoms with van der Waals surface area (Å²) < 4.78 is 20.1. The van der Waals surface area contributed by atoms with Crippen molar-refractivity contribution in [1.29, 1.82) is 0 Å². The molecule has 2 heterocycles. The second kappa shape index (κ2) is 4.90. The summed E-state index contributed by atoms with van der Waals surface area (Å²) in [7, 11) is 1.54. The number of aromatic nitrogens is 2. The number of fused-ring (bicyclic) bond motifs is 1. The molecule has 3 rings (SSSR count). The normalized spacial score (nSPS) is 10.8. The van der Waals surface area contributed by atoms with Crippen LogP contribution in [0.1, 0.15) is 10.5 Å². The molecule has 2 aromatic heterocycles. The molecule has 0 saturated carbocycles. The Labute approximate surface area is 119 Å². The highest BCUT2D eigenvalue weighted by molar-refractivity contribution is 5.94. The van der Waals surface area contributed by atoms with Crippen LogP contribution in [-0.4, -0.2) is 27.6 Å². The van der Waals surface area contributed by atoms with E-state index in [0.29, 0.717) is 11.3 Å². The molecule has 1 aromatic carbocycles. The molecule has 6 heteroatoms. The number of hydrogen-bond acceptors (Lipinski definition) is 3. The molecule has 0 unspecified atom stereocenters. The van der Waals surface area contributed by atoms with Gasteiger partial charge < -0.3 is 9.84 Å². The van der Waals surface area contributed by atoms with Gasteiger partial charge in [0.15, 0.2) is 17.2 Å². The van der Waals surface area contributed by atoms with Gasteiger partial charge >= 0.3 is 5.97 Å². The predicted octanol–water partition coefficient (Wildman–Crippen LogP) is 2.85. The minimum Gasteiger partial charge on any atom is -0.497 e. The second-order valence-corrected chi connectivity index (χ2v) is 4.39. The Kier molecular flexibility index (Phi) is 3.06. The number of carboxylic acid groups (broad SMARTS) is 1. The van der Waals surface area contributed by atoms with Gasteiger partial charge in [-0.15, -0.1) is 0 Å². The summed E-state index contributed by atoms with van der Waals surface area (Å²) >= 11 is 0. The molecule has 5 nitrogen and oxygen atoms in total. The maximum Gasteiger partial charge on any atom is 0.355 e. The molecule has 0 spiro atoms. The fraction of sp³-hybridized carbons (Fsp3) is 0.0667. The number of aromatic carboxylic acids is 1. The lowest BCUT2D eigenvalue weighted by molar-refractivity contribution is 0.0690. The van der Waals surface area contributed by atoms with Crippen LogP contribution in [-0.2, 0) is 0 Å². The molecule has 0 aliphatic rings. The predicted molar refractivity (Wildman–Crippen MR) is 74.1 cm³/mol. The van der Waals surface area contributed by atoms with Crippen molar-refractivity contribution in [2.45, 2.75) is 0 Å². The summed E-state index contributed by atoms with van der Waals surface area (Å²) in [5.74, 6) is -1.09. The van der Waals surface area contributed by atoms with E-state index < -0.39 is 11.8 Å². The van der Waals surface area contributed by atoms with Crippen molar-refractivity contribution in [1.82, 2.24) is 9.38 Å². The van der Waals surface area contributed by atoms with Gasteiger partial charge in [-0.05, 0) is 36.4 Å². The molecular weight excluding hydrogens is 275 g/mol. The van der Waals surface area contributed by atoms with Crippen LogP contribution in [0, 0.1) is 5.82 Å². The van der Waals surface area contributed by atoms with Gasteiger partial charge in [-0.2, -0.15) is 0 Å². The number of halogens is 1. The minimum atomic E-state index is -1.17. The van der Waals surface area contributed by atoms with Crippen LogP contribution in [0.4, 0.5) is 4.39 Å². The molecule has 21 heavy (non-hydrogen) atoms. The third-order valence-electron chi connectivity index (χ3n) is 3.17. The van der Waals surface area contributed by atoms with Crippen LogP contribution in [0.25, 0.3) is 16.9 Å². The van der Waals surface area contributed by atoms with E-state index in [1.165, 1.54) is 29.8 Å². The number of rotatable bonds is 3. The zero-order chi connectivity index (χ0) is 15.0. The monoisotopic (exact) mass is 286 g/mol. The zero-order valence-corrected chi connectivity index (χ0v) is 11.1. The third-order valence-corrected chi connectivity index (χ3v) is 3.17. The molecule has 0 atom stereocenters. The average molecular weight is 286 g/mol. The van der Waals surface area contributed by atoms with Crippen molar-refractivity contribution in [3.05, 3.63) is 54.1 Å². The molecule has 0 radical (unpaired) electrons. The first kappa shape index (κ1) is 13.1. The summed E-state index contributed by atoms with van der Waals surface area (Å²) in [6, 6.07) is 9.44. The fourth-order valence-electron chi connectivity index (χ4n) is 2.19. The summed E-state index contributed by atoms with van der Waals surface area (Å²) in [5.41, 5.74) is 0.710. The molecule has 0 aliphatic carbocycles. The van der Waals surface area contributed by atoms with E-state index in [2.05, 4.69) is 4.98 Å². The van der Waals surface area contributed by atoms with Crippen LogP contribution in [0.3, 0.4) is 0 Å². The Bertz CT molecular complexity index is 825. The lowest BCUT2D eigenvalue weighted by Gasteiger charge is -2.02. The number of pyridine rings is 1. The van der Waals surface area contributed by atoms with E-state index >= 15 is 0 Å². The van der Waals surface area contributed by atoms with E-state index in [1.54, 1.807) is 24.3 Å². The molecule has 0 saturated heterocycles. The molecular formula is C15H11FN2O3. The van der Waals surface area contributed by atoms with Gasteiger partial charge in [0.1, 0.15) is 11.4 Å². The highest BCUT2D eigenvalue weighted by Crippen LogP contribution is 2.27. The van der Waals surface area contributed by atoms with Gasteiger partial charge in [-0.25, -0.2) is 14.2 Å².